The van der Waals surface area contributed by atoms with E-state index in [2.05, 4.69) is 26.0 Å². The van der Waals surface area contributed by atoms with Crippen LogP contribution in [-0.4, -0.2) is 11.7 Å². The molecule has 0 saturated heterocycles. The number of hydrogen-bond acceptors (Lipinski definition) is 1. The Morgan fingerprint density at radius 1 is 1.44 bits per heavy atom. The van der Waals surface area contributed by atoms with E-state index >= 15 is 0 Å². The van der Waals surface area contributed by atoms with Crippen LogP contribution >= 0.6 is 11.6 Å². The van der Waals surface area contributed by atoms with Crippen LogP contribution in [0, 0.1) is 5.41 Å². The number of aliphatic hydroxyl groups is 1. The first-order valence-electron chi connectivity index (χ1n) is 5.94. The van der Waals surface area contributed by atoms with E-state index in [1.165, 1.54) is 24.0 Å². The molecular weight excluding hydrogens is 220 g/mol. The zero-order valence-corrected chi connectivity index (χ0v) is 10.7. The highest BCUT2D eigenvalue weighted by Gasteiger charge is 2.33. The summed E-state index contributed by atoms with van der Waals surface area (Å²) in [6.45, 7) is 4.52. The molecule has 88 valence electrons. The fourth-order valence-electron chi connectivity index (χ4n) is 2.70. The molecule has 1 aliphatic carbocycles. The quantitative estimate of drug-likeness (QED) is 0.832. The lowest BCUT2D eigenvalue weighted by Crippen LogP contribution is -2.29. The summed E-state index contributed by atoms with van der Waals surface area (Å²) in [7, 11) is 0. The van der Waals surface area contributed by atoms with Crippen molar-refractivity contribution in [1.82, 2.24) is 0 Å². The topological polar surface area (TPSA) is 20.2 Å². The summed E-state index contributed by atoms with van der Waals surface area (Å²) < 4.78 is 0. The molecule has 2 rings (SSSR count). The maximum Gasteiger partial charge on any atom is 0.0487 e. The van der Waals surface area contributed by atoms with Crippen molar-refractivity contribution < 1.29 is 5.11 Å². The second-order valence-corrected chi connectivity index (χ2v) is 5.87. The number of aliphatic hydroxyl groups excluding tert-OH is 1. The van der Waals surface area contributed by atoms with E-state index in [1.54, 1.807) is 0 Å². The number of fused-ring (bicyclic) bond motifs is 1. The van der Waals surface area contributed by atoms with E-state index < -0.39 is 0 Å². The highest BCUT2D eigenvalue weighted by Crippen LogP contribution is 2.43. The summed E-state index contributed by atoms with van der Waals surface area (Å²) in [6, 6.07) is 6.18. The van der Waals surface area contributed by atoms with Gasteiger partial charge in [-0.05, 0) is 53.9 Å². The van der Waals surface area contributed by atoms with Crippen molar-refractivity contribution in [3.8, 4) is 0 Å². The van der Waals surface area contributed by atoms with Crippen LogP contribution in [0.5, 0.6) is 0 Å². The molecule has 1 unspecified atom stereocenters. The predicted octanol–water partition coefficient (Wildman–Crippen LogP) is 3.78. The largest absolute Gasteiger partial charge is 0.396 e. The third kappa shape index (κ3) is 2.11. The minimum atomic E-state index is -0.0387. The molecule has 0 amide bonds. The molecule has 0 saturated carbocycles. The highest BCUT2D eigenvalue weighted by molar-refractivity contribution is 6.30. The summed E-state index contributed by atoms with van der Waals surface area (Å²) in [6.07, 6.45) is 3.48. The SMILES string of the molecule is CC(C)(CO)C1CCCc2cc(Cl)ccc21. The Kier molecular flexibility index (Phi) is 3.27. The van der Waals surface area contributed by atoms with Crippen molar-refractivity contribution in [1.29, 1.82) is 0 Å². The molecule has 0 spiro atoms. The first-order chi connectivity index (χ1) is 7.54. The Morgan fingerprint density at radius 3 is 2.88 bits per heavy atom. The van der Waals surface area contributed by atoms with Gasteiger partial charge >= 0.3 is 0 Å². The number of benzene rings is 1. The van der Waals surface area contributed by atoms with Gasteiger partial charge in [-0.25, -0.2) is 0 Å². The summed E-state index contributed by atoms with van der Waals surface area (Å²) >= 11 is 6.02. The minimum Gasteiger partial charge on any atom is -0.396 e. The molecule has 2 heteroatoms. The number of aryl methyl sites for hydroxylation is 1. The van der Waals surface area contributed by atoms with E-state index in [0.717, 1.165) is 11.4 Å². The molecule has 1 nitrogen and oxygen atoms in total. The van der Waals surface area contributed by atoms with Crippen molar-refractivity contribution >= 4 is 11.6 Å². The molecule has 1 aromatic carbocycles. The van der Waals surface area contributed by atoms with E-state index in [0.29, 0.717) is 5.92 Å². The number of hydrogen-bond donors (Lipinski definition) is 1. The van der Waals surface area contributed by atoms with Crippen molar-refractivity contribution in [2.24, 2.45) is 5.41 Å². The molecule has 0 heterocycles. The number of rotatable bonds is 2. The van der Waals surface area contributed by atoms with Gasteiger partial charge in [0.1, 0.15) is 0 Å². The van der Waals surface area contributed by atoms with Crippen LogP contribution in [0.4, 0.5) is 0 Å². The fraction of sp³-hybridized carbons (Fsp3) is 0.571. The van der Waals surface area contributed by atoms with Crippen LogP contribution in [0.25, 0.3) is 0 Å². The zero-order chi connectivity index (χ0) is 11.8. The molecule has 1 atom stereocenters. The van der Waals surface area contributed by atoms with Gasteiger partial charge in [-0.15, -0.1) is 0 Å². The van der Waals surface area contributed by atoms with Gasteiger partial charge in [0.2, 0.25) is 0 Å². The van der Waals surface area contributed by atoms with Crippen LogP contribution in [0.15, 0.2) is 18.2 Å². The van der Waals surface area contributed by atoms with Crippen LogP contribution in [0.2, 0.25) is 5.02 Å². The molecule has 0 aromatic heterocycles. The highest BCUT2D eigenvalue weighted by atomic mass is 35.5. The summed E-state index contributed by atoms with van der Waals surface area (Å²) in [5.74, 6) is 0.457. The second-order valence-electron chi connectivity index (χ2n) is 5.43. The first-order valence-corrected chi connectivity index (χ1v) is 6.31. The van der Waals surface area contributed by atoms with E-state index in [9.17, 15) is 5.11 Å². The van der Waals surface area contributed by atoms with Crippen molar-refractivity contribution in [2.75, 3.05) is 6.61 Å². The monoisotopic (exact) mass is 238 g/mol. The standard InChI is InChI=1S/C14H19ClO/c1-14(2,9-16)13-5-3-4-10-8-11(15)6-7-12(10)13/h6-8,13,16H,3-5,9H2,1-2H3. The molecule has 0 bridgehead atoms. The third-order valence-corrected chi connectivity index (χ3v) is 4.01. The maximum absolute atomic E-state index is 9.50. The smallest absolute Gasteiger partial charge is 0.0487 e. The fourth-order valence-corrected chi connectivity index (χ4v) is 2.90. The van der Waals surface area contributed by atoms with E-state index in [-0.39, 0.29) is 12.0 Å². The van der Waals surface area contributed by atoms with Gasteiger partial charge < -0.3 is 5.11 Å². The molecule has 1 aliphatic rings. The lowest BCUT2D eigenvalue weighted by Gasteiger charge is -2.37. The molecule has 1 aromatic rings. The normalized spacial score (nSPS) is 20.6. The Balaban J connectivity index is 2.40. The first kappa shape index (κ1) is 11.9. The Bertz CT molecular complexity index is 384. The van der Waals surface area contributed by atoms with Crippen LogP contribution < -0.4 is 0 Å². The Labute approximate surface area is 102 Å². The van der Waals surface area contributed by atoms with E-state index in [4.69, 9.17) is 11.6 Å². The second kappa shape index (κ2) is 4.38. The average molecular weight is 239 g/mol. The van der Waals surface area contributed by atoms with Gasteiger partial charge in [0.15, 0.2) is 0 Å². The van der Waals surface area contributed by atoms with Gasteiger partial charge in [0, 0.05) is 11.6 Å². The average Bonchev–Trinajstić information content (AvgIpc) is 2.27. The molecule has 0 fully saturated rings. The van der Waals surface area contributed by atoms with Crippen LogP contribution in [0.3, 0.4) is 0 Å². The molecule has 16 heavy (non-hydrogen) atoms. The molecular formula is C14H19ClO. The summed E-state index contributed by atoms with van der Waals surface area (Å²) in [5.41, 5.74) is 2.71. The van der Waals surface area contributed by atoms with E-state index in [1.807, 2.05) is 6.07 Å². The number of halogens is 1. The minimum absolute atomic E-state index is 0.0387. The van der Waals surface area contributed by atoms with Gasteiger partial charge in [0.05, 0.1) is 0 Å². The maximum atomic E-state index is 9.50. The van der Waals surface area contributed by atoms with Crippen LogP contribution in [-0.2, 0) is 6.42 Å². The van der Waals surface area contributed by atoms with Gasteiger partial charge in [-0.3, -0.25) is 0 Å². The summed E-state index contributed by atoms with van der Waals surface area (Å²) in [5, 5.41) is 10.3. The molecule has 0 radical (unpaired) electrons. The lowest BCUT2D eigenvalue weighted by molar-refractivity contribution is 0.122. The van der Waals surface area contributed by atoms with Gasteiger partial charge in [-0.1, -0.05) is 31.5 Å². The Hall–Kier alpha value is -0.530. The predicted molar refractivity (Wildman–Crippen MR) is 68.0 cm³/mol. The van der Waals surface area contributed by atoms with Gasteiger partial charge in [-0.2, -0.15) is 0 Å². The molecule has 1 N–H and O–H groups in total. The lowest BCUT2D eigenvalue weighted by atomic mass is 9.69. The van der Waals surface area contributed by atoms with Crippen LogP contribution in [0.1, 0.15) is 43.7 Å². The van der Waals surface area contributed by atoms with Crippen molar-refractivity contribution in [2.45, 2.75) is 39.0 Å². The van der Waals surface area contributed by atoms with Gasteiger partial charge in [0.25, 0.3) is 0 Å². The Morgan fingerprint density at radius 2 is 2.19 bits per heavy atom. The zero-order valence-electron chi connectivity index (χ0n) is 9.96. The van der Waals surface area contributed by atoms with Crippen molar-refractivity contribution in [3.63, 3.8) is 0 Å². The molecule has 0 aliphatic heterocycles. The van der Waals surface area contributed by atoms with Crippen molar-refractivity contribution in [3.05, 3.63) is 34.3 Å². The third-order valence-electron chi connectivity index (χ3n) is 3.77. The summed E-state index contributed by atoms with van der Waals surface area (Å²) in [4.78, 5) is 0.